The minimum Gasteiger partial charge on any atom is -0.334 e. The van der Waals surface area contributed by atoms with Crippen LogP contribution in [-0.2, 0) is 6.42 Å². The summed E-state index contributed by atoms with van der Waals surface area (Å²) in [6.07, 6.45) is 29.5. The molecule has 32 heavy (non-hydrogen) atoms. The Kier molecular flexibility index (Phi) is 14.9. The number of benzene rings is 1. The van der Waals surface area contributed by atoms with Crippen LogP contribution in [0.15, 0.2) is 49.1 Å². The van der Waals surface area contributed by atoms with Gasteiger partial charge in [-0.1, -0.05) is 134 Å². The van der Waals surface area contributed by atoms with Crippen LogP contribution in [0.5, 0.6) is 0 Å². The second-order valence-corrected chi connectivity index (χ2v) is 9.85. The molecule has 2 unspecified atom stereocenters. The lowest BCUT2D eigenvalue weighted by atomic mass is 9.84. The topological polar surface area (TPSA) is 17.8 Å². The predicted molar refractivity (Wildman–Crippen MR) is 140 cm³/mol. The van der Waals surface area contributed by atoms with Crippen LogP contribution in [-0.4, -0.2) is 9.55 Å². The molecule has 0 aliphatic carbocycles. The molecule has 1 aromatic heterocycles. The third-order valence-corrected chi connectivity index (χ3v) is 7.07. The van der Waals surface area contributed by atoms with Gasteiger partial charge in [-0.3, -0.25) is 0 Å². The van der Waals surface area contributed by atoms with Crippen LogP contribution < -0.4 is 0 Å². The third kappa shape index (κ3) is 11.3. The summed E-state index contributed by atoms with van der Waals surface area (Å²) in [5.41, 5.74) is 1.49. The first kappa shape index (κ1) is 26.7. The molecule has 0 N–H and O–H groups in total. The Labute approximate surface area is 199 Å². The van der Waals surface area contributed by atoms with Gasteiger partial charge < -0.3 is 4.57 Å². The largest absolute Gasteiger partial charge is 0.334 e. The highest BCUT2D eigenvalue weighted by atomic mass is 15.1. The van der Waals surface area contributed by atoms with E-state index >= 15 is 0 Å². The molecule has 2 rings (SSSR count). The van der Waals surface area contributed by atoms with E-state index in [4.69, 9.17) is 0 Å². The van der Waals surface area contributed by atoms with Gasteiger partial charge in [-0.2, -0.15) is 0 Å². The first-order chi connectivity index (χ1) is 15.8. The minimum absolute atomic E-state index is 0.577. The quantitative estimate of drug-likeness (QED) is 0.188. The van der Waals surface area contributed by atoms with Crippen molar-refractivity contribution in [2.75, 3.05) is 0 Å². The molecule has 0 spiro atoms. The Hall–Kier alpha value is -1.57. The predicted octanol–water partition coefficient (Wildman–Crippen LogP) is 9.56. The fourth-order valence-corrected chi connectivity index (χ4v) is 5.12. The summed E-state index contributed by atoms with van der Waals surface area (Å²) in [7, 11) is 0. The molecule has 180 valence electrons. The van der Waals surface area contributed by atoms with Crippen LogP contribution in [0, 0.1) is 5.92 Å². The molecular weight excluding hydrogens is 388 g/mol. The zero-order valence-corrected chi connectivity index (χ0v) is 21.2. The van der Waals surface area contributed by atoms with E-state index < -0.39 is 0 Å². The smallest absolute Gasteiger partial charge is 0.0948 e. The molecule has 2 aromatic rings. The molecule has 2 heteroatoms. The van der Waals surface area contributed by atoms with Crippen molar-refractivity contribution in [3.05, 3.63) is 54.6 Å². The van der Waals surface area contributed by atoms with E-state index in [-0.39, 0.29) is 0 Å². The zero-order valence-electron chi connectivity index (χ0n) is 21.2. The Morgan fingerprint density at radius 1 is 0.688 bits per heavy atom. The molecule has 2 atom stereocenters. The van der Waals surface area contributed by atoms with Gasteiger partial charge in [0.05, 0.1) is 6.33 Å². The van der Waals surface area contributed by atoms with Gasteiger partial charge in [0.15, 0.2) is 0 Å². The van der Waals surface area contributed by atoms with Gasteiger partial charge >= 0.3 is 0 Å². The van der Waals surface area contributed by atoms with E-state index in [1.54, 1.807) is 0 Å². The molecule has 0 fully saturated rings. The van der Waals surface area contributed by atoms with Gasteiger partial charge in [-0.05, 0) is 30.7 Å². The van der Waals surface area contributed by atoms with Crippen molar-refractivity contribution in [2.24, 2.45) is 5.92 Å². The zero-order chi connectivity index (χ0) is 22.7. The Morgan fingerprint density at radius 3 is 1.84 bits per heavy atom. The van der Waals surface area contributed by atoms with Gasteiger partial charge in [-0.25, -0.2) is 4.98 Å². The van der Waals surface area contributed by atoms with E-state index in [1.165, 1.54) is 115 Å². The van der Waals surface area contributed by atoms with Crippen LogP contribution in [0.4, 0.5) is 0 Å². The Balaban J connectivity index is 1.84. The van der Waals surface area contributed by atoms with Gasteiger partial charge in [0, 0.05) is 18.4 Å². The molecule has 0 aliphatic heterocycles. The fourth-order valence-electron chi connectivity index (χ4n) is 5.12. The maximum absolute atomic E-state index is 4.40. The molecule has 0 radical (unpaired) electrons. The van der Waals surface area contributed by atoms with Crippen LogP contribution >= 0.6 is 0 Å². The molecule has 0 saturated carbocycles. The van der Waals surface area contributed by atoms with Crippen molar-refractivity contribution in [1.82, 2.24) is 9.55 Å². The molecule has 1 aromatic carbocycles. The van der Waals surface area contributed by atoms with Crippen LogP contribution in [0.25, 0.3) is 0 Å². The molecular formula is C30H50N2. The Morgan fingerprint density at radius 2 is 1.25 bits per heavy atom. The maximum atomic E-state index is 4.40. The average molecular weight is 439 g/mol. The van der Waals surface area contributed by atoms with Crippen molar-refractivity contribution >= 4 is 0 Å². The number of hydrogen-bond donors (Lipinski definition) is 0. The van der Waals surface area contributed by atoms with Gasteiger partial charge in [0.25, 0.3) is 0 Å². The summed E-state index contributed by atoms with van der Waals surface area (Å²) >= 11 is 0. The number of imidazole rings is 1. The second kappa shape index (κ2) is 17.9. The molecule has 0 bridgehead atoms. The molecule has 0 aliphatic rings. The van der Waals surface area contributed by atoms with Crippen molar-refractivity contribution in [2.45, 2.75) is 129 Å². The fraction of sp³-hybridized carbons (Fsp3) is 0.700. The monoisotopic (exact) mass is 438 g/mol. The standard InChI is InChI=1S/C30H50N2/c1-3-5-7-9-10-11-12-13-14-19-23-30(32-25-24-31-27-32)29(22-18-8-6-4-2)26-28-20-16-15-17-21-28/h15-17,20-21,24-25,27,29-30H,3-14,18-19,22-23,26H2,1-2H3. The summed E-state index contributed by atoms with van der Waals surface area (Å²) in [6, 6.07) is 11.7. The number of hydrogen-bond acceptors (Lipinski definition) is 1. The SMILES string of the molecule is CCCCCCCCCCCCC(C(CCCCCC)Cc1ccccc1)n1ccnc1. The molecule has 0 amide bonds. The highest BCUT2D eigenvalue weighted by molar-refractivity contribution is 5.15. The first-order valence-electron chi connectivity index (χ1n) is 13.9. The Bertz CT molecular complexity index is 634. The molecule has 0 saturated heterocycles. The van der Waals surface area contributed by atoms with E-state index in [9.17, 15) is 0 Å². The van der Waals surface area contributed by atoms with Gasteiger partial charge in [0.1, 0.15) is 0 Å². The highest BCUT2D eigenvalue weighted by Crippen LogP contribution is 2.32. The lowest BCUT2D eigenvalue weighted by molar-refractivity contribution is 0.275. The maximum Gasteiger partial charge on any atom is 0.0948 e. The summed E-state index contributed by atoms with van der Waals surface area (Å²) in [5, 5.41) is 0. The van der Waals surface area contributed by atoms with E-state index in [2.05, 4.69) is 66.3 Å². The number of aromatic nitrogens is 2. The van der Waals surface area contributed by atoms with Gasteiger partial charge in [-0.15, -0.1) is 0 Å². The lowest BCUT2D eigenvalue weighted by Gasteiger charge is -2.29. The van der Waals surface area contributed by atoms with Crippen molar-refractivity contribution < 1.29 is 0 Å². The number of rotatable bonds is 20. The van der Waals surface area contributed by atoms with E-state index in [0.717, 1.165) is 0 Å². The van der Waals surface area contributed by atoms with E-state index in [0.29, 0.717) is 12.0 Å². The normalized spacial score (nSPS) is 13.3. The van der Waals surface area contributed by atoms with Crippen molar-refractivity contribution in [3.8, 4) is 0 Å². The first-order valence-corrected chi connectivity index (χ1v) is 13.9. The van der Waals surface area contributed by atoms with Crippen LogP contribution in [0.2, 0.25) is 0 Å². The van der Waals surface area contributed by atoms with E-state index in [1.807, 2.05) is 6.20 Å². The highest BCUT2D eigenvalue weighted by Gasteiger charge is 2.22. The minimum atomic E-state index is 0.577. The summed E-state index contributed by atoms with van der Waals surface area (Å²) < 4.78 is 2.42. The molecule has 1 heterocycles. The number of unbranched alkanes of at least 4 members (excludes halogenated alkanes) is 12. The van der Waals surface area contributed by atoms with Crippen molar-refractivity contribution in [1.29, 1.82) is 0 Å². The average Bonchev–Trinajstić information content (AvgIpc) is 3.35. The van der Waals surface area contributed by atoms with Crippen molar-refractivity contribution in [3.63, 3.8) is 0 Å². The summed E-state index contributed by atoms with van der Waals surface area (Å²) in [6.45, 7) is 4.60. The van der Waals surface area contributed by atoms with Gasteiger partial charge in [0.2, 0.25) is 0 Å². The number of nitrogens with zero attached hydrogens (tertiary/aromatic N) is 2. The summed E-state index contributed by atoms with van der Waals surface area (Å²) in [5.74, 6) is 0.696. The lowest BCUT2D eigenvalue weighted by Crippen LogP contribution is -2.21. The third-order valence-electron chi connectivity index (χ3n) is 7.07. The molecule has 2 nitrogen and oxygen atoms in total. The van der Waals surface area contributed by atoms with Crippen LogP contribution in [0.3, 0.4) is 0 Å². The second-order valence-electron chi connectivity index (χ2n) is 9.85. The van der Waals surface area contributed by atoms with Crippen LogP contribution in [0.1, 0.15) is 128 Å². The summed E-state index contributed by atoms with van der Waals surface area (Å²) in [4.78, 5) is 4.40.